The summed E-state index contributed by atoms with van der Waals surface area (Å²) in [6.07, 6.45) is 4.14. The second kappa shape index (κ2) is 7.92. The maximum atomic E-state index is 12.7. The molecule has 0 atom stereocenters. The second-order valence-corrected chi connectivity index (χ2v) is 8.89. The molecule has 0 aliphatic carbocycles. The summed E-state index contributed by atoms with van der Waals surface area (Å²) in [5.74, 6) is 0.317. The summed E-state index contributed by atoms with van der Waals surface area (Å²) in [4.78, 5) is 4.29. The predicted octanol–water partition coefficient (Wildman–Crippen LogP) is 4.35. The lowest BCUT2D eigenvalue weighted by atomic mass is 10.2. The standard InChI is InChI=1S/C20H23N5O3S/c1-2-25-17-9-5-4-8-16(17)19(20(25)26)23-22-18-11-10-15(14-21-18)29(27,28)24-12-6-3-7-13-24/h4-5,8-11,14,26H,2-3,6-7,12-13H2,1H3. The van der Waals surface area contributed by atoms with Crippen LogP contribution in [0.4, 0.5) is 11.5 Å². The van der Waals surface area contributed by atoms with Crippen LogP contribution in [0.1, 0.15) is 26.2 Å². The monoisotopic (exact) mass is 413 g/mol. The van der Waals surface area contributed by atoms with E-state index >= 15 is 0 Å². The zero-order valence-corrected chi connectivity index (χ0v) is 17.0. The van der Waals surface area contributed by atoms with E-state index in [9.17, 15) is 13.5 Å². The van der Waals surface area contributed by atoms with Crippen molar-refractivity contribution in [1.82, 2.24) is 13.9 Å². The molecule has 0 bridgehead atoms. The molecular weight excluding hydrogens is 390 g/mol. The van der Waals surface area contributed by atoms with Gasteiger partial charge in [-0.3, -0.25) is 0 Å². The lowest BCUT2D eigenvalue weighted by Crippen LogP contribution is -2.35. The van der Waals surface area contributed by atoms with Crippen molar-refractivity contribution in [3.8, 4) is 5.88 Å². The van der Waals surface area contributed by atoms with E-state index < -0.39 is 10.0 Å². The number of hydrogen-bond donors (Lipinski definition) is 1. The highest BCUT2D eigenvalue weighted by Crippen LogP contribution is 2.39. The third kappa shape index (κ3) is 3.63. The number of para-hydroxylation sites is 1. The molecule has 152 valence electrons. The van der Waals surface area contributed by atoms with E-state index in [4.69, 9.17) is 0 Å². The SMILES string of the molecule is CCn1c(O)c(N=Nc2ccc(S(=O)(=O)N3CCCCC3)cn2)c2ccccc21. The Bertz CT molecular complexity index is 1150. The molecule has 3 aromatic rings. The first-order valence-electron chi connectivity index (χ1n) is 9.70. The van der Waals surface area contributed by atoms with E-state index in [2.05, 4.69) is 15.2 Å². The fraction of sp³-hybridized carbons (Fsp3) is 0.350. The number of sulfonamides is 1. The number of aromatic nitrogens is 2. The molecule has 29 heavy (non-hydrogen) atoms. The summed E-state index contributed by atoms with van der Waals surface area (Å²) in [5.41, 5.74) is 1.24. The van der Waals surface area contributed by atoms with Crippen LogP contribution in [-0.2, 0) is 16.6 Å². The Morgan fingerprint density at radius 1 is 1.07 bits per heavy atom. The van der Waals surface area contributed by atoms with E-state index in [0.717, 1.165) is 30.2 Å². The van der Waals surface area contributed by atoms with Crippen LogP contribution in [0, 0.1) is 0 Å². The molecule has 1 N–H and O–H groups in total. The minimum atomic E-state index is -3.53. The van der Waals surface area contributed by atoms with Gasteiger partial charge < -0.3 is 9.67 Å². The molecule has 0 unspecified atom stereocenters. The van der Waals surface area contributed by atoms with E-state index in [-0.39, 0.29) is 16.6 Å². The van der Waals surface area contributed by atoms with Gasteiger partial charge in [0, 0.05) is 31.2 Å². The fourth-order valence-electron chi connectivity index (χ4n) is 3.63. The zero-order chi connectivity index (χ0) is 20.4. The largest absolute Gasteiger partial charge is 0.493 e. The Labute approximate surface area is 169 Å². The van der Waals surface area contributed by atoms with Crippen molar-refractivity contribution < 1.29 is 13.5 Å². The second-order valence-electron chi connectivity index (χ2n) is 6.95. The van der Waals surface area contributed by atoms with Crippen molar-refractivity contribution in [1.29, 1.82) is 0 Å². The molecule has 3 heterocycles. The predicted molar refractivity (Wildman–Crippen MR) is 110 cm³/mol. The molecule has 0 amide bonds. The van der Waals surface area contributed by atoms with Crippen molar-refractivity contribution in [3.05, 3.63) is 42.6 Å². The molecule has 1 aromatic carbocycles. The maximum Gasteiger partial charge on any atom is 0.244 e. The number of piperidine rings is 1. The summed E-state index contributed by atoms with van der Waals surface area (Å²) in [6.45, 7) is 3.63. The summed E-state index contributed by atoms with van der Waals surface area (Å²) < 4.78 is 28.7. The molecule has 2 aromatic heterocycles. The van der Waals surface area contributed by atoms with Gasteiger partial charge in [0.15, 0.2) is 11.5 Å². The normalized spacial score (nSPS) is 16.0. The first-order valence-corrected chi connectivity index (χ1v) is 11.1. The first kappa shape index (κ1) is 19.5. The third-order valence-corrected chi connectivity index (χ3v) is 7.04. The molecule has 1 saturated heterocycles. The van der Waals surface area contributed by atoms with E-state index in [0.29, 0.717) is 25.3 Å². The van der Waals surface area contributed by atoms with Gasteiger partial charge in [0.05, 0.1) is 5.52 Å². The van der Waals surface area contributed by atoms with Gasteiger partial charge in [0.25, 0.3) is 0 Å². The maximum absolute atomic E-state index is 12.7. The summed E-state index contributed by atoms with van der Waals surface area (Å²) in [6, 6.07) is 10.6. The molecule has 1 aliphatic heterocycles. The van der Waals surface area contributed by atoms with Gasteiger partial charge in [-0.2, -0.15) is 4.31 Å². The van der Waals surface area contributed by atoms with Gasteiger partial charge in [0.2, 0.25) is 15.9 Å². The third-order valence-electron chi connectivity index (χ3n) is 5.16. The molecule has 0 saturated carbocycles. The number of aromatic hydroxyl groups is 1. The molecule has 0 spiro atoms. The molecule has 9 heteroatoms. The summed E-state index contributed by atoms with van der Waals surface area (Å²) in [7, 11) is -3.53. The van der Waals surface area contributed by atoms with E-state index in [1.807, 2.05) is 31.2 Å². The Kier molecular flexibility index (Phi) is 5.33. The molecule has 8 nitrogen and oxygen atoms in total. The number of nitrogens with zero attached hydrogens (tertiary/aromatic N) is 5. The number of benzene rings is 1. The van der Waals surface area contributed by atoms with Crippen molar-refractivity contribution in [2.24, 2.45) is 10.2 Å². The summed E-state index contributed by atoms with van der Waals surface area (Å²) in [5, 5.41) is 19.6. The van der Waals surface area contributed by atoms with E-state index in [1.165, 1.54) is 22.6 Å². The Morgan fingerprint density at radius 2 is 1.83 bits per heavy atom. The molecule has 1 aliphatic rings. The fourth-order valence-corrected chi connectivity index (χ4v) is 5.09. The smallest absolute Gasteiger partial charge is 0.244 e. The number of pyridine rings is 1. The number of azo groups is 1. The minimum absolute atomic E-state index is 0.0433. The molecule has 4 rings (SSSR count). The average Bonchev–Trinajstić information content (AvgIpc) is 3.03. The van der Waals surface area contributed by atoms with Crippen molar-refractivity contribution in [3.63, 3.8) is 0 Å². The average molecular weight is 414 g/mol. The van der Waals surface area contributed by atoms with Crippen LogP contribution in [0.25, 0.3) is 10.9 Å². The Hall–Kier alpha value is -2.78. The Balaban J connectivity index is 1.61. The quantitative estimate of drug-likeness (QED) is 0.628. The van der Waals surface area contributed by atoms with Crippen molar-refractivity contribution in [2.75, 3.05) is 13.1 Å². The minimum Gasteiger partial charge on any atom is -0.493 e. The Morgan fingerprint density at radius 3 is 2.52 bits per heavy atom. The van der Waals surface area contributed by atoms with Crippen LogP contribution in [0.15, 0.2) is 57.7 Å². The topological polar surface area (TPSA) is 100 Å². The van der Waals surface area contributed by atoms with Crippen LogP contribution in [0.3, 0.4) is 0 Å². The van der Waals surface area contributed by atoms with Gasteiger partial charge >= 0.3 is 0 Å². The highest BCUT2D eigenvalue weighted by molar-refractivity contribution is 7.89. The van der Waals surface area contributed by atoms with Gasteiger partial charge in [0.1, 0.15) is 4.90 Å². The van der Waals surface area contributed by atoms with Crippen LogP contribution in [0.5, 0.6) is 5.88 Å². The van der Waals surface area contributed by atoms with Crippen molar-refractivity contribution in [2.45, 2.75) is 37.6 Å². The first-order chi connectivity index (χ1) is 14.0. The van der Waals surface area contributed by atoms with Crippen LogP contribution >= 0.6 is 0 Å². The van der Waals surface area contributed by atoms with Gasteiger partial charge in [-0.05, 0) is 38.0 Å². The van der Waals surface area contributed by atoms with E-state index in [1.54, 1.807) is 4.57 Å². The highest BCUT2D eigenvalue weighted by atomic mass is 32.2. The van der Waals surface area contributed by atoms with Gasteiger partial charge in [-0.1, -0.05) is 24.6 Å². The summed E-state index contributed by atoms with van der Waals surface area (Å²) >= 11 is 0. The lowest BCUT2D eigenvalue weighted by molar-refractivity contribution is 0.346. The molecule has 0 radical (unpaired) electrons. The van der Waals surface area contributed by atoms with Crippen molar-refractivity contribution >= 4 is 32.4 Å². The number of aryl methyl sites for hydroxylation is 1. The zero-order valence-electron chi connectivity index (χ0n) is 16.2. The van der Waals surface area contributed by atoms with Crippen LogP contribution < -0.4 is 0 Å². The van der Waals surface area contributed by atoms with Gasteiger partial charge in [-0.15, -0.1) is 10.2 Å². The van der Waals surface area contributed by atoms with Gasteiger partial charge in [-0.25, -0.2) is 13.4 Å². The lowest BCUT2D eigenvalue weighted by Gasteiger charge is -2.25. The van der Waals surface area contributed by atoms with Crippen LogP contribution in [0.2, 0.25) is 0 Å². The number of fused-ring (bicyclic) bond motifs is 1. The highest BCUT2D eigenvalue weighted by Gasteiger charge is 2.26. The molecular formula is C20H23N5O3S. The molecule has 1 fully saturated rings. The number of rotatable bonds is 5. The van der Waals surface area contributed by atoms with Crippen LogP contribution in [-0.4, -0.2) is 40.5 Å². The number of hydrogen-bond acceptors (Lipinski definition) is 6.